The lowest BCUT2D eigenvalue weighted by Crippen LogP contribution is -2.39. The number of rotatable bonds is 5. The standard InChI is InChI=1S/C13H21N3O2S/c1-2-3-4-10-11(12(17)18)19-13(15-10)16-7-5-9(14)6-8-16/h9H,2-8,14H2,1H3,(H,17,18). The molecule has 1 aromatic rings. The van der Waals surface area contributed by atoms with Crippen molar-refractivity contribution < 1.29 is 9.90 Å². The first-order valence-electron chi connectivity index (χ1n) is 6.85. The Hall–Kier alpha value is -1.14. The van der Waals surface area contributed by atoms with Crippen LogP contribution >= 0.6 is 11.3 Å². The van der Waals surface area contributed by atoms with Crippen molar-refractivity contribution in [1.29, 1.82) is 0 Å². The molecular formula is C13H21N3O2S. The van der Waals surface area contributed by atoms with Gasteiger partial charge in [0.05, 0.1) is 5.69 Å². The van der Waals surface area contributed by atoms with Crippen LogP contribution in [0.2, 0.25) is 0 Å². The van der Waals surface area contributed by atoms with Crippen molar-refractivity contribution in [2.75, 3.05) is 18.0 Å². The minimum absolute atomic E-state index is 0.273. The van der Waals surface area contributed by atoms with Crippen molar-refractivity contribution in [3.63, 3.8) is 0 Å². The average Bonchev–Trinajstić information content (AvgIpc) is 2.81. The van der Waals surface area contributed by atoms with E-state index >= 15 is 0 Å². The van der Waals surface area contributed by atoms with Gasteiger partial charge in [0.1, 0.15) is 4.88 Å². The summed E-state index contributed by atoms with van der Waals surface area (Å²) in [5, 5.41) is 10.1. The first-order chi connectivity index (χ1) is 9.11. The van der Waals surface area contributed by atoms with Crippen LogP contribution in [0.4, 0.5) is 5.13 Å². The number of aromatic nitrogens is 1. The fraction of sp³-hybridized carbons (Fsp3) is 0.692. The van der Waals surface area contributed by atoms with E-state index in [2.05, 4.69) is 16.8 Å². The molecular weight excluding hydrogens is 262 g/mol. The molecule has 0 atom stereocenters. The number of carboxylic acids is 1. The molecule has 1 saturated heterocycles. The molecule has 0 unspecified atom stereocenters. The van der Waals surface area contributed by atoms with E-state index in [1.807, 2.05) is 0 Å². The lowest BCUT2D eigenvalue weighted by Gasteiger charge is -2.29. The summed E-state index contributed by atoms with van der Waals surface area (Å²) in [6, 6.07) is 0.273. The average molecular weight is 283 g/mol. The SMILES string of the molecule is CCCCc1nc(N2CCC(N)CC2)sc1C(=O)O. The number of piperidine rings is 1. The van der Waals surface area contributed by atoms with E-state index in [0.29, 0.717) is 4.88 Å². The number of hydrogen-bond acceptors (Lipinski definition) is 5. The van der Waals surface area contributed by atoms with Gasteiger partial charge in [0, 0.05) is 19.1 Å². The smallest absolute Gasteiger partial charge is 0.347 e. The molecule has 5 nitrogen and oxygen atoms in total. The Labute approximate surface area is 117 Å². The summed E-state index contributed by atoms with van der Waals surface area (Å²) < 4.78 is 0. The monoisotopic (exact) mass is 283 g/mol. The highest BCUT2D eigenvalue weighted by atomic mass is 32.1. The van der Waals surface area contributed by atoms with Gasteiger partial charge in [0.15, 0.2) is 5.13 Å². The zero-order valence-electron chi connectivity index (χ0n) is 11.3. The molecule has 2 heterocycles. The third-order valence-corrected chi connectivity index (χ3v) is 4.60. The molecule has 0 amide bonds. The maximum absolute atomic E-state index is 11.3. The molecule has 3 N–H and O–H groups in total. The number of unbranched alkanes of at least 4 members (excludes halogenated alkanes) is 1. The second kappa shape index (κ2) is 6.34. The molecule has 2 rings (SSSR count). The molecule has 0 spiro atoms. The van der Waals surface area contributed by atoms with Crippen LogP contribution in [0, 0.1) is 0 Å². The number of carboxylic acid groups (broad SMARTS) is 1. The Kier molecular flexibility index (Phi) is 4.76. The quantitative estimate of drug-likeness (QED) is 0.865. The highest BCUT2D eigenvalue weighted by Gasteiger charge is 2.23. The topological polar surface area (TPSA) is 79.5 Å². The number of nitrogens with zero attached hydrogens (tertiary/aromatic N) is 2. The molecule has 6 heteroatoms. The first kappa shape index (κ1) is 14.3. The minimum atomic E-state index is -0.858. The van der Waals surface area contributed by atoms with E-state index in [1.165, 1.54) is 11.3 Å². The second-order valence-corrected chi connectivity index (χ2v) is 5.98. The first-order valence-corrected chi connectivity index (χ1v) is 7.67. The molecule has 0 bridgehead atoms. The summed E-state index contributed by atoms with van der Waals surface area (Å²) >= 11 is 1.30. The molecule has 1 aliphatic rings. The van der Waals surface area contributed by atoms with Crippen molar-refractivity contribution in [3.05, 3.63) is 10.6 Å². The fourth-order valence-electron chi connectivity index (χ4n) is 2.25. The molecule has 0 aliphatic carbocycles. The van der Waals surface area contributed by atoms with Gasteiger partial charge in [-0.2, -0.15) is 0 Å². The number of thiazole rings is 1. The number of carbonyl (C=O) groups is 1. The second-order valence-electron chi connectivity index (χ2n) is 5.01. The minimum Gasteiger partial charge on any atom is -0.477 e. The summed E-state index contributed by atoms with van der Waals surface area (Å²) in [7, 11) is 0. The van der Waals surface area contributed by atoms with Gasteiger partial charge in [-0.1, -0.05) is 24.7 Å². The molecule has 106 valence electrons. The zero-order valence-corrected chi connectivity index (χ0v) is 12.1. The number of nitrogens with two attached hydrogens (primary N) is 1. The van der Waals surface area contributed by atoms with Crippen molar-refractivity contribution in [2.45, 2.75) is 45.1 Å². The Morgan fingerprint density at radius 1 is 1.53 bits per heavy atom. The Balaban J connectivity index is 2.14. The normalized spacial score (nSPS) is 16.8. The van der Waals surface area contributed by atoms with Gasteiger partial charge in [0.25, 0.3) is 0 Å². The maximum Gasteiger partial charge on any atom is 0.347 e. The molecule has 0 radical (unpaired) electrons. The molecule has 1 fully saturated rings. The van der Waals surface area contributed by atoms with Crippen LogP contribution < -0.4 is 10.6 Å². The molecule has 1 aliphatic heterocycles. The lowest BCUT2D eigenvalue weighted by molar-refractivity contribution is 0.0700. The summed E-state index contributed by atoms with van der Waals surface area (Å²) in [6.45, 7) is 3.85. The molecule has 1 aromatic heterocycles. The number of aryl methyl sites for hydroxylation is 1. The summed E-state index contributed by atoms with van der Waals surface area (Å²) in [5.41, 5.74) is 6.63. The Morgan fingerprint density at radius 2 is 2.21 bits per heavy atom. The molecule has 19 heavy (non-hydrogen) atoms. The van der Waals surface area contributed by atoms with Crippen LogP contribution in [0.15, 0.2) is 0 Å². The maximum atomic E-state index is 11.3. The molecule has 0 aromatic carbocycles. The van der Waals surface area contributed by atoms with E-state index in [-0.39, 0.29) is 6.04 Å². The van der Waals surface area contributed by atoms with Crippen LogP contribution in [-0.2, 0) is 6.42 Å². The van der Waals surface area contributed by atoms with Gasteiger partial charge in [-0.3, -0.25) is 0 Å². The van der Waals surface area contributed by atoms with E-state index < -0.39 is 5.97 Å². The third kappa shape index (κ3) is 3.45. The number of anilines is 1. The van der Waals surface area contributed by atoms with Crippen LogP contribution in [0.25, 0.3) is 0 Å². The van der Waals surface area contributed by atoms with Crippen molar-refractivity contribution in [1.82, 2.24) is 4.98 Å². The van der Waals surface area contributed by atoms with Crippen LogP contribution in [0.1, 0.15) is 48.0 Å². The predicted octanol–water partition coefficient (Wildman–Crippen LogP) is 2.11. The fourth-order valence-corrected chi connectivity index (χ4v) is 3.25. The van der Waals surface area contributed by atoms with Crippen LogP contribution in [0.3, 0.4) is 0 Å². The highest BCUT2D eigenvalue weighted by Crippen LogP contribution is 2.29. The zero-order chi connectivity index (χ0) is 13.8. The van der Waals surface area contributed by atoms with Crippen molar-refractivity contribution >= 4 is 22.4 Å². The van der Waals surface area contributed by atoms with E-state index in [1.54, 1.807) is 0 Å². The van der Waals surface area contributed by atoms with Gasteiger partial charge in [-0.05, 0) is 25.7 Å². The summed E-state index contributed by atoms with van der Waals surface area (Å²) in [4.78, 5) is 18.4. The van der Waals surface area contributed by atoms with Gasteiger partial charge >= 0.3 is 5.97 Å². The third-order valence-electron chi connectivity index (χ3n) is 3.46. The molecule has 0 saturated carbocycles. The Morgan fingerprint density at radius 3 is 2.79 bits per heavy atom. The predicted molar refractivity (Wildman–Crippen MR) is 77.1 cm³/mol. The van der Waals surface area contributed by atoms with Gasteiger partial charge in [0.2, 0.25) is 0 Å². The Bertz CT molecular complexity index is 439. The van der Waals surface area contributed by atoms with Crippen LogP contribution in [0.5, 0.6) is 0 Å². The lowest BCUT2D eigenvalue weighted by atomic mass is 10.1. The summed E-state index contributed by atoms with van der Waals surface area (Å²) in [6.07, 6.45) is 4.68. The van der Waals surface area contributed by atoms with E-state index in [9.17, 15) is 9.90 Å². The largest absolute Gasteiger partial charge is 0.477 e. The number of hydrogen-bond donors (Lipinski definition) is 2. The van der Waals surface area contributed by atoms with E-state index in [4.69, 9.17) is 5.73 Å². The van der Waals surface area contributed by atoms with Gasteiger partial charge < -0.3 is 15.7 Å². The van der Waals surface area contributed by atoms with Crippen molar-refractivity contribution in [3.8, 4) is 0 Å². The highest BCUT2D eigenvalue weighted by molar-refractivity contribution is 7.17. The number of aromatic carboxylic acids is 1. The van der Waals surface area contributed by atoms with Crippen LogP contribution in [-0.4, -0.2) is 35.2 Å². The summed E-state index contributed by atoms with van der Waals surface area (Å²) in [5.74, 6) is -0.858. The van der Waals surface area contributed by atoms with E-state index in [0.717, 1.165) is 56.0 Å². The van der Waals surface area contributed by atoms with Crippen molar-refractivity contribution in [2.24, 2.45) is 5.73 Å². The van der Waals surface area contributed by atoms with Gasteiger partial charge in [-0.15, -0.1) is 0 Å². The van der Waals surface area contributed by atoms with Gasteiger partial charge in [-0.25, -0.2) is 9.78 Å².